The van der Waals surface area contributed by atoms with Gasteiger partial charge in [-0.1, -0.05) is 32.1 Å². The average Bonchev–Trinajstić information content (AvgIpc) is 3.08. The van der Waals surface area contributed by atoms with Crippen molar-refractivity contribution < 1.29 is 32.7 Å². The van der Waals surface area contributed by atoms with Crippen LogP contribution < -0.4 is 0 Å². The molecule has 1 aromatic rings. The average molecular weight is 513 g/mol. The Kier molecular flexibility index (Phi) is 5.97. The maximum Gasteiger partial charge on any atom is 0.342 e. The molecule has 7 atom stereocenters. The van der Waals surface area contributed by atoms with E-state index >= 15 is 0 Å². The summed E-state index contributed by atoms with van der Waals surface area (Å²) in [5.41, 5.74) is 2.52. The van der Waals surface area contributed by atoms with Gasteiger partial charge < -0.3 is 14.9 Å². The number of benzene rings is 1. The van der Waals surface area contributed by atoms with Crippen LogP contribution in [0, 0.1) is 28.6 Å². The number of ether oxygens (including phenoxy) is 1. The molecule has 3 saturated carbocycles. The summed E-state index contributed by atoms with van der Waals surface area (Å²) in [5, 5.41) is 23.2. The molecule has 0 aliphatic heterocycles. The third-order valence-corrected chi connectivity index (χ3v) is 10.3. The van der Waals surface area contributed by atoms with Crippen molar-refractivity contribution in [2.75, 3.05) is 0 Å². The van der Waals surface area contributed by atoms with Gasteiger partial charge in [0.2, 0.25) is 0 Å². The number of fused-ring (bicyclic) bond motifs is 5. The van der Waals surface area contributed by atoms with E-state index in [1.54, 1.807) is 0 Å². The number of hydrogen-bond donors (Lipinski definition) is 3. The molecule has 5 rings (SSSR count). The fourth-order valence-electron chi connectivity index (χ4n) is 7.59. The van der Waals surface area contributed by atoms with Crippen LogP contribution in [0.25, 0.3) is 0 Å². The molecule has 0 aromatic heterocycles. The molecule has 0 heterocycles. The third kappa shape index (κ3) is 3.83. The minimum Gasteiger partial charge on any atom is -0.431 e. The molecule has 192 valence electrons. The van der Waals surface area contributed by atoms with E-state index in [1.165, 1.54) is 29.8 Å². The molecule has 36 heavy (non-hydrogen) atoms. The first-order valence-corrected chi connectivity index (χ1v) is 13.8. The monoisotopic (exact) mass is 512 g/mol. The van der Waals surface area contributed by atoms with Crippen molar-refractivity contribution in [1.82, 2.24) is 0 Å². The van der Waals surface area contributed by atoms with E-state index in [-0.39, 0.29) is 28.7 Å². The molecular weight excluding hydrogens is 480 g/mol. The molecule has 3 N–H and O–H groups in total. The van der Waals surface area contributed by atoms with Crippen LogP contribution in [0.3, 0.4) is 0 Å². The quantitative estimate of drug-likeness (QED) is 0.239. The van der Waals surface area contributed by atoms with Crippen molar-refractivity contribution in [1.29, 1.82) is 0 Å². The van der Waals surface area contributed by atoms with Gasteiger partial charge in [-0.05, 0) is 79.9 Å². The van der Waals surface area contributed by atoms with Crippen LogP contribution in [0.1, 0.15) is 56.3 Å². The second-order valence-corrected chi connectivity index (χ2v) is 12.6. The molecule has 0 saturated heterocycles. The van der Waals surface area contributed by atoms with Gasteiger partial charge in [0.15, 0.2) is 0 Å². The predicted octanol–water partition coefficient (Wildman–Crippen LogP) is 4.20. The molecular formula is C28H32O7S. The molecule has 0 bridgehead atoms. The standard InChI is InChI=1S/C28H32O7S/c1-26-12-4-3-7-19(26)9-10-21-22-11-13-28(31,27(22,2)17-23(29)24(21)26)14-15-35-25(30)18-6-5-8-20(16-18)36(32,33)34/h3-6,8,12,14-16,21-24,29,31H,9-11,13,17H2,1-2H3,(H,32,33,34)/t21-,22-,23?,24+,26-,27-,28-/m0/s1. The number of aliphatic hydroxyl groups is 2. The lowest BCUT2D eigenvalue weighted by molar-refractivity contribution is -0.148. The third-order valence-electron chi connectivity index (χ3n) is 9.42. The summed E-state index contributed by atoms with van der Waals surface area (Å²) in [5.74, 6) is -0.276. The maximum absolute atomic E-state index is 12.5. The van der Waals surface area contributed by atoms with E-state index < -0.39 is 38.1 Å². The topological polar surface area (TPSA) is 121 Å². The zero-order chi connectivity index (χ0) is 25.9. The van der Waals surface area contributed by atoms with Gasteiger partial charge in [-0.3, -0.25) is 4.55 Å². The summed E-state index contributed by atoms with van der Waals surface area (Å²) >= 11 is 0. The Hall–Kier alpha value is -2.48. The number of hydrogen-bond acceptors (Lipinski definition) is 6. The summed E-state index contributed by atoms with van der Waals surface area (Å²) in [6.45, 7) is 4.22. The van der Waals surface area contributed by atoms with Gasteiger partial charge in [-0.25, -0.2) is 4.79 Å². The Morgan fingerprint density at radius 2 is 2.03 bits per heavy atom. The molecule has 0 radical (unpaired) electrons. The van der Waals surface area contributed by atoms with Crippen LogP contribution in [0.15, 0.2) is 71.0 Å². The van der Waals surface area contributed by atoms with Crippen LogP contribution in [-0.2, 0) is 14.9 Å². The number of aliphatic hydroxyl groups excluding tert-OH is 1. The van der Waals surface area contributed by atoms with E-state index in [1.807, 2.05) is 19.1 Å². The minimum absolute atomic E-state index is 0.0397. The number of allylic oxidation sites excluding steroid dienone is 3. The highest BCUT2D eigenvalue weighted by atomic mass is 32.2. The van der Waals surface area contributed by atoms with Crippen LogP contribution in [0.4, 0.5) is 0 Å². The fraction of sp³-hybridized carbons (Fsp3) is 0.500. The second kappa shape index (κ2) is 8.54. The first-order chi connectivity index (χ1) is 16.9. The Balaban J connectivity index is 1.36. The van der Waals surface area contributed by atoms with Crippen LogP contribution in [-0.4, -0.2) is 40.9 Å². The van der Waals surface area contributed by atoms with Gasteiger partial charge >= 0.3 is 5.97 Å². The van der Waals surface area contributed by atoms with E-state index in [2.05, 4.69) is 18.7 Å². The maximum atomic E-state index is 12.5. The molecule has 3 fully saturated rings. The lowest BCUT2D eigenvalue weighted by Gasteiger charge is -2.59. The van der Waals surface area contributed by atoms with Gasteiger partial charge in [-0.15, -0.1) is 5.73 Å². The normalized spacial score (nSPS) is 39.3. The Morgan fingerprint density at radius 3 is 2.78 bits per heavy atom. The van der Waals surface area contributed by atoms with Gasteiger partial charge in [0.1, 0.15) is 0 Å². The van der Waals surface area contributed by atoms with Crippen LogP contribution >= 0.6 is 0 Å². The van der Waals surface area contributed by atoms with E-state index in [9.17, 15) is 28.0 Å². The molecule has 1 aromatic carbocycles. The SMILES string of the molecule is C[C@]12C=CC=C=C1CC[C@@H]1[C@@H]2C(O)C[C@@]2(C)[C@H]1CC[C@]2(O)C=COC(=O)c1cccc(S(=O)(=O)O)c1. The van der Waals surface area contributed by atoms with Crippen molar-refractivity contribution >= 4 is 16.1 Å². The summed E-state index contributed by atoms with van der Waals surface area (Å²) in [6, 6.07) is 4.93. The lowest BCUT2D eigenvalue weighted by Crippen LogP contribution is -2.58. The first-order valence-electron chi connectivity index (χ1n) is 12.4. The van der Waals surface area contributed by atoms with Crippen molar-refractivity contribution in [2.45, 2.75) is 62.6 Å². The summed E-state index contributed by atoms with van der Waals surface area (Å²) < 4.78 is 37.2. The molecule has 4 aliphatic carbocycles. The Morgan fingerprint density at radius 1 is 1.25 bits per heavy atom. The van der Waals surface area contributed by atoms with Crippen molar-refractivity contribution in [3.8, 4) is 0 Å². The highest BCUT2D eigenvalue weighted by molar-refractivity contribution is 7.85. The van der Waals surface area contributed by atoms with Crippen LogP contribution in [0.2, 0.25) is 0 Å². The summed E-state index contributed by atoms with van der Waals surface area (Å²) in [4.78, 5) is 12.1. The number of carbonyl (C=O) groups excluding carboxylic acids is 1. The smallest absolute Gasteiger partial charge is 0.342 e. The molecule has 4 aliphatic rings. The van der Waals surface area contributed by atoms with Gasteiger partial charge in [0.05, 0.1) is 28.4 Å². The molecule has 0 amide bonds. The van der Waals surface area contributed by atoms with Crippen molar-refractivity contribution in [2.24, 2.45) is 28.6 Å². The minimum atomic E-state index is -4.45. The first kappa shape index (κ1) is 25.2. The van der Waals surface area contributed by atoms with E-state index in [0.29, 0.717) is 12.8 Å². The van der Waals surface area contributed by atoms with Gasteiger partial charge in [-0.2, -0.15) is 8.42 Å². The molecule has 7 nitrogen and oxygen atoms in total. The number of carbonyl (C=O) groups is 1. The number of rotatable bonds is 4. The summed E-state index contributed by atoms with van der Waals surface area (Å²) in [7, 11) is -4.45. The summed E-state index contributed by atoms with van der Waals surface area (Å²) in [6.07, 6.45) is 11.8. The molecule has 8 heteroatoms. The predicted molar refractivity (Wildman–Crippen MR) is 132 cm³/mol. The zero-order valence-corrected chi connectivity index (χ0v) is 21.2. The fourth-order valence-corrected chi connectivity index (χ4v) is 8.12. The largest absolute Gasteiger partial charge is 0.431 e. The Bertz CT molecular complexity index is 1320. The van der Waals surface area contributed by atoms with E-state index in [4.69, 9.17) is 4.74 Å². The highest BCUT2D eigenvalue weighted by Gasteiger charge is 2.65. The van der Waals surface area contributed by atoms with E-state index in [0.717, 1.165) is 31.6 Å². The second-order valence-electron chi connectivity index (χ2n) is 11.1. The molecule has 1 unspecified atom stereocenters. The van der Waals surface area contributed by atoms with Crippen molar-refractivity contribution in [3.63, 3.8) is 0 Å². The highest BCUT2D eigenvalue weighted by Crippen LogP contribution is 2.67. The van der Waals surface area contributed by atoms with Gasteiger partial charge in [0.25, 0.3) is 10.1 Å². The number of esters is 1. The van der Waals surface area contributed by atoms with Gasteiger partial charge in [0, 0.05) is 16.7 Å². The Labute approximate surface area is 211 Å². The zero-order valence-electron chi connectivity index (χ0n) is 20.4. The lowest BCUT2D eigenvalue weighted by atomic mass is 9.46. The van der Waals surface area contributed by atoms with Crippen LogP contribution in [0.5, 0.6) is 0 Å². The van der Waals surface area contributed by atoms with Crippen molar-refractivity contribution in [3.05, 3.63) is 71.7 Å². The molecule has 0 spiro atoms.